The first-order chi connectivity index (χ1) is 6.15. The quantitative estimate of drug-likeness (QED) is 0.712. The summed E-state index contributed by atoms with van der Waals surface area (Å²) >= 11 is 0. The van der Waals surface area contributed by atoms with Crippen molar-refractivity contribution in [1.82, 2.24) is 4.98 Å². The van der Waals surface area contributed by atoms with Gasteiger partial charge in [0.1, 0.15) is 6.07 Å². The Morgan fingerprint density at radius 2 is 2.38 bits per heavy atom. The average molecular weight is 175 g/mol. The number of carbonyl (C=O) groups is 1. The van der Waals surface area contributed by atoms with Gasteiger partial charge in [0.2, 0.25) is 5.91 Å². The smallest absolute Gasteiger partial charge is 0.226 e. The van der Waals surface area contributed by atoms with Crippen molar-refractivity contribution >= 4 is 5.91 Å². The van der Waals surface area contributed by atoms with Crippen LogP contribution in [0.1, 0.15) is 24.1 Å². The molecule has 2 N–H and O–H groups in total. The van der Waals surface area contributed by atoms with Crippen molar-refractivity contribution in [3.63, 3.8) is 0 Å². The summed E-state index contributed by atoms with van der Waals surface area (Å²) in [4.78, 5) is 14.7. The second-order valence-corrected chi connectivity index (χ2v) is 2.71. The zero-order valence-electron chi connectivity index (χ0n) is 7.19. The number of hydrogen-bond donors (Lipinski definition) is 1. The minimum absolute atomic E-state index is 0.409. The molecule has 13 heavy (non-hydrogen) atoms. The molecular weight excluding hydrogens is 166 g/mol. The van der Waals surface area contributed by atoms with Crippen molar-refractivity contribution in [2.45, 2.75) is 12.8 Å². The number of nitrogens with two attached hydrogens (primary N) is 1. The van der Waals surface area contributed by atoms with Crippen LogP contribution in [0.5, 0.6) is 0 Å². The highest BCUT2D eigenvalue weighted by atomic mass is 16.1. The van der Waals surface area contributed by atoms with Crippen LogP contribution in [-0.2, 0) is 4.79 Å². The Kier molecular flexibility index (Phi) is 2.60. The Bertz CT molecular complexity index is 350. The molecular formula is C9H9N3O. The van der Waals surface area contributed by atoms with E-state index in [-0.39, 0.29) is 0 Å². The summed E-state index contributed by atoms with van der Waals surface area (Å²) in [5.74, 6) is -0.829. The minimum Gasteiger partial charge on any atom is -0.369 e. The molecule has 0 aliphatic heterocycles. The van der Waals surface area contributed by atoms with Crippen LogP contribution in [0.3, 0.4) is 0 Å². The topological polar surface area (TPSA) is 79.8 Å². The van der Waals surface area contributed by atoms with E-state index in [0.717, 1.165) is 0 Å². The SMILES string of the molecule is CC(C(N)=O)c1ccc(C#N)cn1. The molecule has 0 aliphatic rings. The van der Waals surface area contributed by atoms with Crippen LogP contribution in [0.4, 0.5) is 0 Å². The summed E-state index contributed by atoms with van der Waals surface area (Å²) in [5.41, 5.74) is 6.16. The summed E-state index contributed by atoms with van der Waals surface area (Å²) in [6.45, 7) is 1.68. The highest BCUT2D eigenvalue weighted by Gasteiger charge is 2.12. The number of hydrogen-bond acceptors (Lipinski definition) is 3. The van der Waals surface area contributed by atoms with Crippen LogP contribution in [0.15, 0.2) is 18.3 Å². The van der Waals surface area contributed by atoms with Crippen LogP contribution in [0.25, 0.3) is 0 Å². The van der Waals surface area contributed by atoms with Crippen LogP contribution in [0.2, 0.25) is 0 Å². The van der Waals surface area contributed by atoms with E-state index in [1.165, 1.54) is 6.20 Å². The van der Waals surface area contributed by atoms with Gasteiger partial charge in [0.05, 0.1) is 17.2 Å². The van der Waals surface area contributed by atoms with Gasteiger partial charge < -0.3 is 5.73 Å². The molecule has 0 radical (unpaired) electrons. The largest absolute Gasteiger partial charge is 0.369 e. The van der Waals surface area contributed by atoms with E-state index in [9.17, 15) is 4.79 Å². The van der Waals surface area contributed by atoms with Crippen molar-refractivity contribution in [3.8, 4) is 6.07 Å². The molecule has 1 heterocycles. The molecule has 1 atom stereocenters. The number of carbonyl (C=O) groups excluding carboxylic acids is 1. The standard InChI is InChI=1S/C9H9N3O/c1-6(9(11)13)8-3-2-7(4-10)5-12-8/h2-3,5-6H,1H3,(H2,11,13). The molecule has 1 rings (SSSR count). The Morgan fingerprint density at radius 3 is 2.77 bits per heavy atom. The summed E-state index contributed by atoms with van der Waals surface area (Å²) in [6, 6.07) is 5.19. The summed E-state index contributed by atoms with van der Waals surface area (Å²) < 4.78 is 0. The lowest BCUT2D eigenvalue weighted by atomic mass is 10.1. The zero-order valence-corrected chi connectivity index (χ0v) is 7.19. The van der Waals surface area contributed by atoms with Crippen molar-refractivity contribution in [2.75, 3.05) is 0 Å². The summed E-state index contributed by atoms with van der Waals surface area (Å²) in [5, 5.41) is 8.49. The molecule has 0 saturated heterocycles. The normalized spacial score (nSPS) is 11.7. The van der Waals surface area contributed by atoms with E-state index in [2.05, 4.69) is 4.98 Å². The molecule has 0 bridgehead atoms. The molecule has 0 aromatic carbocycles. The van der Waals surface area contributed by atoms with Gasteiger partial charge in [-0.05, 0) is 19.1 Å². The third-order valence-electron chi connectivity index (χ3n) is 1.79. The predicted molar refractivity (Wildman–Crippen MR) is 46.6 cm³/mol. The van der Waals surface area contributed by atoms with Gasteiger partial charge in [-0.3, -0.25) is 9.78 Å². The number of pyridine rings is 1. The van der Waals surface area contributed by atoms with Gasteiger partial charge >= 0.3 is 0 Å². The summed E-state index contributed by atoms with van der Waals surface area (Å²) in [7, 11) is 0. The fraction of sp³-hybridized carbons (Fsp3) is 0.222. The lowest BCUT2D eigenvalue weighted by Gasteiger charge is -2.04. The molecule has 4 heteroatoms. The first-order valence-corrected chi connectivity index (χ1v) is 3.80. The highest BCUT2D eigenvalue weighted by Crippen LogP contribution is 2.11. The molecule has 1 amide bonds. The number of amides is 1. The fourth-order valence-corrected chi connectivity index (χ4v) is 0.873. The highest BCUT2D eigenvalue weighted by molar-refractivity contribution is 5.80. The molecule has 0 fully saturated rings. The van der Waals surface area contributed by atoms with Gasteiger partial charge in [-0.1, -0.05) is 0 Å². The van der Waals surface area contributed by atoms with Crippen LogP contribution in [0, 0.1) is 11.3 Å². The average Bonchev–Trinajstić information content (AvgIpc) is 2.17. The van der Waals surface area contributed by atoms with Crippen molar-refractivity contribution in [2.24, 2.45) is 5.73 Å². The minimum atomic E-state index is -0.419. The van der Waals surface area contributed by atoms with Gasteiger partial charge in [-0.25, -0.2) is 0 Å². The maximum Gasteiger partial charge on any atom is 0.226 e. The number of nitriles is 1. The van der Waals surface area contributed by atoms with Crippen LogP contribution >= 0.6 is 0 Å². The second kappa shape index (κ2) is 3.68. The van der Waals surface area contributed by atoms with Gasteiger partial charge in [0, 0.05) is 6.20 Å². The second-order valence-electron chi connectivity index (χ2n) is 2.71. The van der Waals surface area contributed by atoms with Gasteiger partial charge in [0.15, 0.2) is 0 Å². The van der Waals surface area contributed by atoms with Crippen LogP contribution in [-0.4, -0.2) is 10.9 Å². The number of primary amides is 1. The van der Waals surface area contributed by atoms with Gasteiger partial charge in [-0.2, -0.15) is 5.26 Å². The third kappa shape index (κ3) is 2.03. The molecule has 1 unspecified atom stereocenters. The Morgan fingerprint density at radius 1 is 1.69 bits per heavy atom. The maximum absolute atomic E-state index is 10.8. The molecule has 0 aliphatic carbocycles. The number of nitrogens with zero attached hydrogens (tertiary/aromatic N) is 2. The van der Waals surface area contributed by atoms with Crippen molar-refractivity contribution in [3.05, 3.63) is 29.6 Å². The zero-order chi connectivity index (χ0) is 9.84. The lowest BCUT2D eigenvalue weighted by molar-refractivity contribution is -0.119. The number of rotatable bonds is 2. The van der Waals surface area contributed by atoms with Crippen LogP contribution < -0.4 is 5.73 Å². The first-order valence-electron chi connectivity index (χ1n) is 3.80. The van der Waals surface area contributed by atoms with Crippen molar-refractivity contribution in [1.29, 1.82) is 5.26 Å². The van der Waals surface area contributed by atoms with E-state index < -0.39 is 11.8 Å². The monoisotopic (exact) mass is 175 g/mol. The molecule has 1 aromatic heterocycles. The van der Waals surface area contributed by atoms with E-state index in [4.69, 9.17) is 11.0 Å². The maximum atomic E-state index is 10.8. The number of aromatic nitrogens is 1. The molecule has 66 valence electrons. The van der Waals surface area contributed by atoms with E-state index in [0.29, 0.717) is 11.3 Å². The Hall–Kier alpha value is -1.89. The van der Waals surface area contributed by atoms with Crippen molar-refractivity contribution < 1.29 is 4.79 Å². The fourth-order valence-electron chi connectivity index (χ4n) is 0.873. The lowest BCUT2D eigenvalue weighted by Crippen LogP contribution is -2.19. The third-order valence-corrected chi connectivity index (χ3v) is 1.79. The van der Waals surface area contributed by atoms with E-state index in [1.807, 2.05) is 6.07 Å². The molecule has 4 nitrogen and oxygen atoms in total. The first kappa shape index (κ1) is 9.20. The molecule has 0 saturated carbocycles. The predicted octanol–water partition coefficient (Wildman–Crippen LogP) is 0.542. The molecule has 1 aromatic rings. The van der Waals surface area contributed by atoms with E-state index >= 15 is 0 Å². The Balaban J connectivity index is 2.93. The van der Waals surface area contributed by atoms with Gasteiger partial charge in [0.25, 0.3) is 0 Å². The summed E-state index contributed by atoms with van der Waals surface area (Å²) in [6.07, 6.45) is 1.43. The van der Waals surface area contributed by atoms with Gasteiger partial charge in [-0.15, -0.1) is 0 Å². The Labute approximate surface area is 76.0 Å². The molecule has 0 spiro atoms. The van der Waals surface area contributed by atoms with E-state index in [1.54, 1.807) is 19.1 Å².